The zero-order chi connectivity index (χ0) is 15.1. The van der Waals surface area contributed by atoms with Crippen molar-refractivity contribution in [2.45, 2.75) is 44.8 Å². The molecule has 1 N–H and O–H groups in total. The second-order valence-electron chi connectivity index (χ2n) is 5.90. The molecule has 21 heavy (non-hydrogen) atoms. The van der Waals surface area contributed by atoms with E-state index in [0.29, 0.717) is 6.10 Å². The monoisotopic (exact) mass is 291 g/mol. The third-order valence-electron chi connectivity index (χ3n) is 3.94. The lowest BCUT2D eigenvalue weighted by Gasteiger charge is -2.25. The molecule has 1 aliphatic heterocycles. The van der Waals surface area contributed by atoms with Crippen molar-refractivity contribution < 1.29 is 14.6 Å². The topological polar surface area (TPSA) is 49.8 Å². The summed E-state index contributed by atoms with van der Waals surface area (Å²) in [6, 6.07) is 7.85. The fraction of sp³-hybridized carbons (Fsp3) is 0.588. The van der Waals surface area contributed by atoms with Gasteiger partial charge in [-0.15, -0.1) is 0 Å². The van der Waals surface area contributed by atoms with Crippen LogP contribution in [0.3, 0.4) is 0 Å². The van der Waals surface area contributed by atoms with Gasteiger partial charge in [-0.3, -0.25) is 4.79 Å². The lowest BCUT2D eigenvalue weighted by molar-refractivity contribution is -0.136. The number of carboxylic acid groups (broad SMARTS) is 1. The van der Waals surface area contributed by atoms with Crippen LogP contribution in [0.1, 0.15) is 36.8 Å². The normalized spacial score (nSPS) is 18.9. The number of nitrogens with zero attached hydrogens (tertiary/aromatic N) is 1. The van der Waals surface area contributed by atoms with Gasteiger partial charge in [-0.25, -0.2) is 0 Å². The molecule has 0 bridgehead atoms. The molecule has 0 amide bonds. The highest BCUT2D eigenvalue weighted by Gasteiger charge is 2.14. The molecule has 1 saturated heterocycles. The van der Waals surface area contributed by atoms with E-state index >= 15 is 0 Å². The molecule has 1 fully saturated rings. The van der Waals surface area contributed by atoms with E-state index in [2.05, 4.69) is 11.9 Å². The van der Waals surface area contributed by atoms with E-state index in [4.69, 9.17) is 9.84 Å². The van der Waals surface area contributed by atoms with E-state index in [1.165, 1.54) is 24.8 Å². The summed E-state index contributed by atoms with van der Waals surface area (Å²) in [5, 5.41) is 8.76. The fourth-order valence-corrected chi connectivity index (χ4v) is 2.73. The van der Waals surface area contributed by atoms with Crippen molar-refractivity contribution in [3.05, 3.63) is 35.4 Å². The zero-order valence-electron chi connectivity index (χ0n) is 12.8. The smallest absolute Gasteiger partial charge is 0.307 e. The van der Waals surface area contributed by atoms with Gasteiger partial charge in [0.15, 0.2) is 0 Å². The van der Waals surface area contributed by atoms with E-state index < -0.39 is 5.97 Å². The Morgan fingerprint density at radius 1 is 1.29 bits per heavy atom. The number of ether oxygens (including phenoxy) is 1. The van der Waals surface area contributed by atoms with Gasteiger partial charge < -0.3 is 14.7 Å². The summed E-state index contributed by atoms with van der Waals surface area (Å²) < 4.78 is 5.75. The molecule has 0 spiro atoms. The van der Waals surface area contributed by atoms with Gasteiger partial charge in [0.2, 0.25) is 0 Å². The van der Waals surface area contributed by atoms with Crippen molar-refractivity contribution in [1.29, 1.82) is 0 Å². The Morgan fingerprint density at radius 3 is 2.62 bits per heavy atom. The molecule has 116 valence electrons. The number of benzene rings is 1. The maximum Gasteiger partial charge on any atom is 0.307 e. The highest BCUT2D eigenvalue weighted by Crippen LogP contribution is 2.16. The van der Waals surface area contributed by atoms with Gasteiger partial charge in [-0.05, 0) is 43.9 Å². The summed E-state index contributed by atoms with van der Waals surface area (Å²) in [6.45, 7) is 2.83. The number of rotatable bonds is 7. The third-order valence-corrected chi connectivity index (χ3v) is 3.94. The standard InChI is InChI=1S/C17H25NO3/c1-18(10-9-16-4-2-3-11-21-16)13-15-7-5-14(6-8-15)12-17(19)20/h5-8,16H,2-4,9-13H2,1H3,(H,19,20). The molecule has 1 atom stereocenters. The number of hydrogen-bond acceptors (Lipinski definition) is 3. The molecule has 1 aromatic rings. The molecule has 1 unspecified atom stereocenters. The molecular formula is C17H25NO3. The summed E-state index contributed by atoms with van der Waals surface area (Å²) in [5.41, 5.74) is 2.07. The van der Waals surface area contributed by atoms with Crippen LogP contribution in [0.4, 0.5) is 0 Å². The lowest BCUT2D eigenvalue weighted by atomic mass is 10.1. The average molecular weight is 291 g/mol. The van der Waals surface area contributed by atoms with Crippen LogP contribution in [-0.2, 0) is 22.5 Å². The van der Waals surface area contributed by atoms with E-state index in [1.54, 1.807) is 0 Å². The third kappa shape index (κ3) is 5.86. The van der Waals surface area contributed by atoms with Crippen molar-refractivity contribution in [1.82, 2.24) is 4.90 Å². The minimum atomic E-state index is -0.785. The van der Waals surface area contributed by atoms with Crippen molar-refractivity contribution in [3.8, 4) is 0 Å². The molecule has 0 saturated carbocycles. The quantitative estimate of drug-likeness (QED) is 0.839. The molecule has 4 nitrogen and oxygen atoms in total. The first-order valence-corrected chi connectivity index (χ1v) is 7.73. The van der Waals surface area contributed by atoms with Crippen molar-refractivity contribution in [3.63, 3.8) is 0 Å². The Bertz CT molecular complexity index is 438. The van der Waals surface area contributed by atoms with E-state index in [-0.39, 0.29) is 6.42 Å². The van der Waals surface area contributed by atoms with Gasteiger partial charge in [0.25, 0.3) is 0 Å². The molecule has 1 aromatic carbocycles. The van der Waals surface area contributed by atoms with Crippen LogP contribution in [0.2, 0.25) is 0 Å². The molecule has 0 radical (unpaired) electrons. The van der Waals surface area contributed by atoms with Crippen molar-refractivity contribution >= 4 is 5.97 Å². The zero-order valence-corrected chi connectivity index (χ0v) is 12.8. The summed E-state index contributed by atoms with van der Waals surface area (Å²) in [6.07, 6.45) is 5.30. The van der Waals surface area contributed by atoms with Crippen LogP contribution >= 0.6 is 0 Å². The maximum absolute atomic E-state index is 10.6. The highest BCUT2D eigenvalue weighted by atomic mass is 16.5. The predicted octanol–water partition coefficient (Wildman–Crippen LogP) is 2.70. The predicted molar refractivity (Wildman–Crippen MR) is 82.3 cm³/mol. The van der Waals surface area contributed by atoms with Crippen molar-refractivity contribution in [2.75, 3.05) is 20.2 Å². The summed E-state index contributed by atoms with van der Waals surface area (Å²) in [5.74, 6) is -0.785. The lowest BCUT2D eigenvalue weighted by Crippen LogP contribution is -2.26. The Balaban J connectivity index is 1.73. The van der Waals surface area contributed by atoms with Gasteiger partial charge in [0, 0.05) is 19.7 Å². The van der Waals surface area contributed by atoms with E-state index in [1.807, 2.05) is 24.3 Å². The molecule has 0 aromatic heterocycles. The van der Waals surface area contributed by atoms with Crippen LogP contribution < -0.4 is 0 Å². The maximum atomic E-state index is 10.6. The van der Waals surface area contributed by atoms with Crippen LogP contribution in [-0.4, -0.2) is 42.3 Å². The first kappa shape index (κ1) is 16.0. The van der Waals surface area contributed by atoms with Gasteiger partial charge in [-0.1, -0.05) is 24.3 Å². The van der Waals surface area contributed by atoms with Crippen LogP contribution in [0, 0.1) is 0 Å². The summed E-state index contributed by atoms with van der Waals surface area (Å²) >= 11 is 0. The Morgan fingerprint density at radius 2 is 2.00 bits per heavy atom. The van der Waals surface area contributed by atoms with Gasteiger partial charge in [0.1, 0.15) is 0 Å². The number of aliphatic carboxylic acids is 1. The van der Waals surface area contributed by atoms with Crippen molar-refractivity contribution in [2.24, 2.45) is 0 Å². The molecule has 2 rings (SSSR count). The SMILES string of the molecule is CN(CCC1CCCCO1)Cc1ccc(CC(=O)O)cc1. The highest BCUT2D eigenvalue weighted by molar-refractivity contribution is 5.70. The second kappa shape index (κ2) is 8.15. The molecule has 0 aliphatic carbocycles. The van der Waals surface area contributed by atoms with Crippen LogP contribution in [0.5, 0.6) is 0 Å². The van der Waals surface area contributed by atoms with E-state index in [9.17, 15) is 4.79 Å². The first-order valence-electron chi connectivity index (χ1n) is 7.73. The molecule has 4 heteroatoms. The first-order chi connectivity index (χ1) is 10.1. The largest absolute Gasteiger partial charge is 0.481 e. The number of hydrogen-bond donors (Lipinski definition) is 1. The van der Waals surface area contributed by atoms with Crippen LogP contribution in [0.15, 0.2) is 24.3 Å². The van der Waals surface area contributed by atoms with E-state index in [0.717, 1.165) is 31.7 Å². The number of carbonyl (C=O) groups is 1. The minimum Gasteiger partial charge on any atom is -0.481 e. The molecular weight excluding hydrogens is 266 g/mol. The van der Waals surface area contributed by atoms with Gasteiger partial charge >= 0.3 is 5.97 Å². The van der Waals surface area contributed by atoms with Gasteiger partial charge in [0.05, 0.1) is 12.5 Å². The average Bonchev–Trinajstić information content (AvgIpc) is 2.48. The minimum absolute atomic E-state index is 0.0924. The Kier molecular flexibility index (Phi) is 6.21. The Hall–Kier alpha value is -1.39. The van der Waals surface area contributed by atoms with Crippen LogP contribution in [0.25, 0.3) is 0 Å². The fourth-order valence-electron chi connectivity index (χ4n) is 2.73. The molecule has 1 heterocycles. The molecule has 1 aliphatic rings. The van der Waals surface area contributed by atoms with Gasteiger partial charge in [-0.2, -0.15) is 0 Å². The number of carboxylic acids is 1. The Labute approximate surface area is 126 Å². The summed E-state index contributed by atoms with van der Waals surface area (Å²) in [4.78, 5) is 12.9. The summed E-state index contributed by atoms with van der Waals surface area (Å²) in [7, 11) is 2.12. The second-order valence-corrected chi connectivity index (χ2v) is 5.90.